The summed E-state index contributed by atoms with van der Waals surface area (Å²) in [5, 5.41) is 6.61. The smallest absolute Gasteiger partial charge is 0.105 e. The molecule has 0 N–H and O–H groups in total. The Bertz CT molecular complexity index is 665. The maximum atomic E-state index is 5.91. The molecular weight excluding hydrogens is 278 g/mol. The Labute approximate surface area is 120 Å². The number of hydrogen-bond donors (Lipinski definition) is 0. The Morgan fingerprint density at radius 1 is 1.05 bits per heavy atom. The van der Waals surface area contributed by atoms with Crippen LogP contribution < -0.4 is 0 Å². The van der Waals surface area contributed by atoms with Crippen LogP contribution in [0.15, 0.2) is 48.1 Å². The lowest BCUT2D eigenvalue weighted by Crippen LogP contribution is -1.87. The number of hydrogen-bond acceptors (Lipinski definition) is 4. The second-order valence-corrected chi connectivity index (χ2v) is 5.04. The van der Waals surface area contributed by atoms with E-state index in [4.69, 9.17) is 11.6 Å². The lowest BCUT2D eigenvalue weighted by Gasteiger charge is -2.02. The first-order chi connectivity index (χ1) is 9.31. The number of aromatic nitrogens is 3. The van der Waals surface area contributed by atoms with Crippen LogP contribution in [0.25, 0.3) is 11.3 Å². The van der Waals surface area contributed by atoms with Crippen molar-refractivity contribution in [3.63, 3.8) is 0 Å². The number of nitrogens with zero attached hydrogens (tertiary/aromatic N) is 3. The SMILES string of the molecule is Clc1cncc([CH]c2ccc(-c3csnn3)cc2)c1. The normalized spacial score (nSPS) is 10.6. The van der Waals surface area contributed by atoms with Gasteiger partial charge in [-0.1, -0.05) is 40.4 Å². The predicted molar refractivity (Wildman–Crippen MR) is 77.1 cm³/mol. The van der Waals surface area contributed by atoms with Gasteiger partial charge in [-0.05, 0) is 28.7 Å². The van der Waals surface area contributed by atoms with E-state index in [1.807, 2.05) is 42.1 Å². The maximum absolute atomic E-state index is 5.91. The van der Waals surface area contributed by atoms with Crippen molar-refractivity contribution in [2.75, 3.05) is 0 Å². The minimum atomic E-state index is 0.638. The number of rotatable bonds is 3. The molecule has 3 rings (SSSR count). The van der Waals surface area contributed by atoms with E-state index in [0.717, 1.165) is 22.4 Å². The van der Waals surface area contributed by atoms with Crippen molar-refractivity contribution in [1.82, 2.24) is 14.6 Å². The van der Waals surface area contributed by atoms with Gasteiger partial charge in [0.1, 0.15) is 5.69 Å². The van der Waals surface area contributed by atoms with Gasteiger partial charge in [0.2, 0.25) is 0 Å². The highest BCUT2D eigenvalue weighted by molar-refractivity contribution is 7.03. The Balaban J connectivity index is 1.80. The van der Waals surface area contributed by atoms with Crippen LogP contribution in [-0.4, -0.2) is 14.6 Å². The van der Waals surface area contributed by atoms with Crippen LogP contribution in [0.4, 0.5) is 0 Å². The molecule has 0 amide bonds. The topological polar surface area (TPSA) is 38.7 Å². The van der Waals surface area contributed by atoms with Crippen molar-refractivity contribution in [3.05, 3.63) is 70.7 Å². The number of benzene rings is 1. The van der Waals surface area contributed by atoms with Crippen molar-refractivity contribution in [2.24, 2.45) is 0 Å². The molecule has 0 atom stereocenters. The third kappa shape index (κ3) is 2.97. The first kappa shape index (κ1) is 12.3. The van der Waals surface area contributed by atoms with E-state index in [0.29, 0.717) is 5.02 Å². The van der Waals surface area contributed by atoms with Gasteiger partial charge in [-0.15, -0.1) is 5.10 Å². The minimum absolute atomic E-state index is 0.638. The maximum Gasteiger partial charge on any atom is 0.105 e. The van der Waals surface area contributed by atoms with Gasteiger partial charge in [0.05, 0.1) is 5.02 Å². The summed E-state index contributed by atoms with van der Waals surface area (Å²) < 4.78 is 3.86. The highest BCUT2D eigenvalue weighted by atomic mass is 35.5. The Hall–Kier alpha value is -1.78. The van der Waals surface area contributed by atoms with Crippen LogP contribution in [0, 0.1) is 6.42 Å². The van der Waals surface area contributed by atoms with Crippen molar-refractivity contribution >= 4 is 23.1 Å². The molecule has 93 valence electrons. The van der Waals surface area contributed by atoms with E-state index in [-0.39, 0.29) is 0 Å². The van der Waals surface area contributed by atoms with E-state index in [2.05, 4.69) is 14.6 Å². The van der Waals surface area contributed by atoms with E-state index >= 15 is 0 Å². The van der Waals surface area contributed by atoms with Gasteiger partial charge in [-0.2, -0.15) is 0 Å². The molecule has 1 radical (unpaired) electrons. The van der Waals surface area contributed by atoms with Crippen molar-refractivity contribution < 1.29 is 0 Å². The predicted octanol–water partition coefficient (Wildman–Crippen LogP) is 3.85. The summed E-state index contributed by atoms with van der Waals surface area (Å²) in [7, 11) is 0. The molecule has 0 bridgehead atoms. The second-order valence-electron chi connectivity index (χ2n) is 3.99. The Morgan fingerprint density at radius 3 is 2.58 bits per heavy atom. The van der Waals surface area contributed by atoms with Crippen LogP contribution in [0.5, 0.6) is 0 Å². The molecule has 19 heavy (non-hydrogen) atoms. The lowest BCUT2D eigenvalue weighted by atomic mass is 10.0. The van der Waals surface area contributed by atoms with E-state index in [9.17, 15) is 0 Å². The zero-order valence-electron chi connectivity index (χ0n) is 9.82. The quantitative estimate of drug-likeness (QED) is 0.734. The van der Waals surface area contributed by atoms with Crippen molar-refractivity contribution in [1.29, 1.82) is 0 Å². The highest BCUT2D eigenvalue weighted by Crippen LogP contribution is 2.20. The molecule has 0 aliphatic carbocycles. The zero-order valence-corrected chi connectivity index (χ0v) is 11.4. The van der Waals surface area contributed by atoms with Crippen LogP contribution >= 0.6 is 23.1 Å². The van der Waals surface area contributed by atoms with Crippen LogP contribution in [-0.2, 0) is 0 Å². The fourth-order valence-corrected chi connectivity index (χ4v) is 2.39. The molecule has 2 heterocycles. The molecule has 1 aromatic carbocycles. The minimum Gasteiger partial charge on any atom is -0.263 e. The molecule has 2 aromatic heterocycles. The molecule has 0 aliphatic heterocycles. The highest BCUT2D eigenvalue weighted by Gasteiger charge is 2.02. The van der Waals surface area contributed by atoms with Crippen molar-refractivity contribution in [3.8, 4) is 11.3 Å². The first-order valence-electron chi connectivity index (χ1n) is 5.64. The molecular formula is C14H9ClN3S. The molecule has 0 unspecified atom stereocenters. The van der Waals surface area contributed by atoms with Gasteiger partial charge in [0, 0.05) is 29.8 Å². The van der Waals surface area contributed by atoms with Gasteiger partial charge >= 0.3 is 0 Å². The van der Waals surface area contributed by atoms with Gasteiger partial charge in [0.25, 0.3) is 0 Å². The Kier molecular flexibility index (Phi) is 3.53. The van der Waals surface area contributed by atoms with Crippen LogP contribution in [0.2, 0.25) is 5.02 Å². The van der Waals surface area contributed by atoms with Crippen molar-refractivity contribution in [2.45, 2.75) is 0 Å². The average Bonchev–Trinajstić information content (AvgIpc) is 2.94. The molecule has 3 aromatic rings. The summed E-state index contributed by atoms with van der Waals surface area (Å²) in [6.07, 6.45) is 5.43. The van der Waals surface area contributed by atoms with E-state index in [1.165, 1.54) is 11.5 Å². The third-order valence-corrected chi connectivity index (χ3v) is 3.34. The summed E-state index contributed by atoms with van der Waals surface area (Å²) in [5.41, 5.74) is 4.04. The largest absolute Gasteiger partial charge is 0.263 e. The third-order valence-electron chi connectivity index (χ3n) is 2.63. The standard InChI is InChI=1S/C14H9ClN3S/c15-13-6-11(7-16-8-13)5-10-1-3-12(4-2-10)14-9-19-18-17-14/h1-9H. The summed E-state index contributed by atoms with van der Waals surface area (Å²) >= 11 is 7.26. The van der Waals surface area contributed by atoms with Crippen LogP contribution in [0.1, 0.15) is 11.1 Å². The fourth-order valence-electron chi connectivity index (χ4n) is 1.74. The fraction of sp³-hybridized carbons (Fsp3) is 0. The lowest BCUT2D eigenvalue weighted by molar-refractivity contribution is 1.16. The molecule has 0 aliphatic rings. The van der Waals surface area contributed by atoms with Gasteiger partial charge in [-0.3, -0.25) is 4.98 Å². The number of halogens is 1. The van der Waals surface area contributed by atoms with E-state index < -0.39 is 0 Å². The van der Waals surface area contributed by atoms with Crippen LogP contribution in [0.3, 0.4) is 0 Å². The summed E-state index contributed by atoms with van der Waals surface area (Å²) in [5.74, 6) is 0. The van der Waals surface area contributed by atoms with Gasteiger partial charge in [0.15, 0.2) is 0 Å². The average molecular weight is 287 g/mol. The monoisotopic (exact) mass is 286 g/mol. The summed E-state index contributed by atoms with van der Waals surface area (Å²) in [6.45, 7) is 0. The molecule has 0 spiro atoms. The van der Waals surface area contributed by atoms with E-state index in [1.54, 1.807) is 12.4 Å². The molecule has 5 heteroatoms. The van der Waals surface area contributed by atoms with Gasteiger partial charge < -0.3 is 0 Å². The second kappa shape index (κ2) is 5.47. The first-order valence-corrected chi connectivity index (χ1v) is 6.85. The molecule has 3 nitrogen and oxygen atoms in total. The summed E-state index contributed by atoms with van der Waals surface area (Å²) in [4.78, 5) is 4.06. The molecule has 0 saturated heterocycles. The molecule has 0 saturated carbocycles. The summed E-state index contributed by atoms with van der Waals surface area (Å²) in [6, 6.07) is 10.0. The molecule has 0 fully saturated rings. The Morgan fingerprint density at radius 2 is 1.89 bits per heavy atom. The zero-order chi connectivity index (χ0) is 13.1. The number of pyridine rings is 1. The van der Waals surface area contributed by atoms with Gasteiger partial charge in [-0.25, -0.2) is 0 Å².